The van der Waals surface area contributed by atoms with Gasteiger partial charge in [-0.2, -0.15) is 4.98 Å². The fraction of sp³-hybridized carbons (Fsp3) is 0.286. The third kappa shape index (κ3) is 2.93. The van der Waals surface area contributed by atoms with Crippen LogP contribution in [0.1, 0.15) is 18.3 Å². The van der Waals surface area contributed by atoms with E-state index in [1.165, 1.54) is 0 Å². The average molecular weight is 259 g/mol. The van der Waals surface area contributed by atoms with E-state index in [1.54, 1.807) is 13.2 Å². The molecule has 0 radical (unpaired) electrons. The number of anilines is 1. The molecule has 1 aromatic carbocycles. The maximum absolute atomic E-state index is 5.85. The summed E-state index contributed by atoms with van der Waals surface area (Å²) in [6.45, 7) is 3.81. The molecule has 2 rings (SSSR count). The van der Waals surface area contributed by atoms with E-state index in [2.05, 4.69) is 9.97 Å². The van der Waals surface area contributed by atoms with Crippen LogP contribution in [-0.4, -0.2) is 17.1 Å². The number of hydrogen-bond acceptors (Lipinski definition) is 5. The number of hydrogen-bond donors (Lipinski definition) is 1. The SMILES string of the molecule is CCc1nc(N)c(C)c(Oc2cccc(OC)c2)n1. The highest BCUT2D eigenvalue weighted by Gasteiger charge is 2.10. The number of nitrogen functional groups attached to an aromatic ring is 1. The second-order valence-corrected chi connectivity index (χ2v) is 4.09. The number of aryl methyl sites for hydroxylation is 1. The van der Waals surface area contributed by atoms with Crippen molar-refractivity contribution in [3.63, 3.8) is 0 Å². The molecule has 5 nitrogen and oxygen atoms in total. The van der Waals surface area contributed by atoms with Crippen molar-refractivity contribution in [2.24, 2.45) is 0 Å². The zero-order valence-corrected chi connectivity index (χ0v) is 11.3. The first-order chi connectivity index (χ1) is 9.13. The van der Waals surface area contributed by atoms with Crippen LogP contribution in [0.3, 0.4) is 0 Å². The van der Waals surface area contributed by atoms with Crippen LogP contribution in [0, 0.1) is 6.92 Å². The fourth-order valence-electron chi connectivity index (χ4n) is 1.59. The lowest BCUT2D eigenvalue weighted by Gasteiger charge is -2.11. The second kappa shape index (κ2) is 5.56. The fourth-order valence-corrected chi connectivity index (χ4v) is 1.59. The first-order valence-corrected chi connectivity index (χ1v) is 6.09. The number of aromatic nitrogens is 2. The Morgan fingerprint density at radius 3 is 2.63 bits per heavy atom. The van der Waals surface area contributed by atoms with Crippen LogP contribution >= 0.6 is 0 Å². The topological polar surface area (TPSA) is 70.3 Å². The third-order valence-electron chi connectivity index (χ3n) is 2.76. The van der Waals surface area contributed by atoms with E-state index in [0.29, 0.717) is 29.7 Å². The molecule has 0 bridgehead atoms. The summed E-state index contributed by atoms with van der Waals surface area (Å²) in [6, 6.07) is 7.34. The Balaban J connectivity index is 2.34. The molecule has 0 saturated carbocycles. The van der Waals surface area contributed by atoms with Crippen LogP contribution in [0.4, 0.5) is 5.82 Å². The quantitative estimate of drug-likeness (QED) is 0.914. The van der Waals surface area contributed by atoms with Gasteiger partial charge < -0.3 is 15.2 Å². The first kappa shape index (κ1) is 13.1. The van der Waals surface area contributed by atoms with Crippen molar-refractivity contribution in [2.75, 3.05) is 12.8 Å². The largest absolute Gasteiger partial charge is 0.497 e. The molecule has 0 aliphatic heterocycles. The van der Waals surface area contributed by atoms with Crippen LogP contribution < -0.4 is 15.2 Å². The molecule has 0 aliphatic rings. The first-order valence-electron chi connectivity index (χ1n) is 6.09. The van der Waals surface area contributed by atoms with Gasteiger partial charge in [0.1, 0.15) is 23.1 Å². The lowest BCUT2D eigenvalue weighted by atomic mass is 10.3. The standard InChI is InChI=1S/C14H17N3O2/c1-4-12-16-13(15)9(2)14(17-12)19-11-7-5-6-10(8-11)18-3/h5-8H,4H2,1-3H3,(H2,15,16,17). The molecule has 0 amide bonds. The summed E-state index contributed by atoms with van der Waals surface area (Å²) in [5.41, 5.74) is 6.59. The Kier molecular flexibility index (Phi) is 3.85. The summed E-state index contributed by atoms with van der Waals surface area (Å²) >= 11 is 0. The number of nitrogens with two attached hydrogens (primary N) is 1. The molecule has 1 aromatic heterocycles. The monoisotopic (exact) mass is 259 g/mol. The Bertz CT molecular complexity index is 585. The molecule has 0 spiro atoms. The Morgan fingerprint density at radius 1 is 1.21 bits per heavy atom. The van der Waals surface area contributed by atoms with Gasteiger partial charge in [0.05, 0.1) is 12.7 Å². The van der Waals surface area contributed by atoms with Gasteiger partial charge in [-0.1, -0.05) is 13.0 Å². The number of nitrogens with zero attached hydrogens (tertiary/aromatic N) is 2. The summed E-state index contributed by atoms with van der Waals surface area (Å²) in [6.07, 6.45) is 0.707. The van der Waals surface area contributed by atoms with Gasteiger partial charge in [-0.15, -0.1) is 0 Å². The third-order valence-corrected chi connectivity index (χ3v) is 2.76. The normalized spacial score (nSPS) is 10.3. The van der Waals surface area contributed by atoms with Crippen molar-refractivity contribution >= 4 is 5.82 Å². The Morgan fingerprint density at radius 2 is 1.95 bits per heavy atom. The molecule has 2 aromatic rings. The molecule has 1 heterocycles. The predicted octanol–water partition coefficient (Wildman–Crippen LogP) is 2.73. The molecule has 0 saturated heterocycles. The van der Waals surface area contributed by atoms with Crippen molar-refractivity contribution in [3.05, 3.63) is 35.7 Å². The average Bonchev–Trinajstić information content (AvgIpc) is 2.43. The molecule has 2 N–H and O–H groups in total. The lowest BCUT2D eigenvalue weighted by Crippen LogP contribution is -2.04. The summed E-state index contributed by atoms with van der Waals surface area (Å²) in [7, 11) is 1.61. The van der Waals surface area contributed by atoms with Gasteiger partial charge in [-0.25, -0.2) is 4.98 Å². The molecule has 0 atom stereocenters. The highest BCUT2D eigenvalue weighted by Crippen LogP contribution is 2.28. The minimum Gasteiger partial charge on any atom is -0.497 e. The second-order valence-electron chi connectivity index (χ2n) is 4.09. The van der Waals surface area contributed by atoms with Crippen molar-refractivity contribution < 1.29 is 9.47 Å². The van der Waals surface area contributed by atoms with Crippen LogP contribution in [0.5, 0.6) is 17.4 Å². The smallest absolute Gasteiger partial charge is 0.227 e. The summed E-state index contributed by atoms with van der Waals surface area (Å²) < 4.78 is 10.9. The summed E-state index contributed by atoms with van der Waals surface area (Å²) in [4.78, 5) is 8.54. The van der Waals surface area contributed by atoms with E-state index in [9.17, 15) is 0 Å². The Hall–Kier alpha value is -2.30. The van der Waals surface area contributed by atoms with Crippen molar-refractivity contribution in [3.8, 4) is 17.4 Å². The Labute approximate surface area is 112 Å². The molecular formula is C14H17N3O2. The lowest BCUT2D eigenvalue weighted by molar-refractivity contribution is 0.406. The predicted molar refractivity (Wildman–Crippen MR) is 73.6 cm³/mol. The van der Waals surface area contributed by atoms with E-state index < -0.39 is 0 Å². The maximum atomic E-state index is 5.85. The van der Waals surface area contributed by atoms with Crippen LogP contribution in [0.15, 0.2) is 24.3 Å². The molecule has 100 valence electrons. The van der Waals surface area contributed by atoms with Gasteiger partial charge in [0.2, 0.25) is 5.88 Å². The van der Waals surface area contributed by atoms with Crippen LogP contribution in [0.25, 0.3) is 0 Å². The van der Waals surface area contributed by atoms with Crippen LogP contribution in [-0.2, 0) is 6.42 Å². The number of ether oxygens (including phenoxy) is 2. The van der Waals surface area contributed by atoms with Gasteiger partial charge >= 0.3 is 0 Å². The van der Waals surface area contributed by atoms with Crippen molar-refractivity contribution in [1.29, 1.82) is 0 Å². The highest BCUT2D eigenvalue weighted by atomic mass is 16.5. The highest BCUT2D eigenvalue weighted by molar-refractivity contribution is 5.46. The summed E-state index contributed by atoms with van der Waals surface area (Å²) in [5.74, 6) is 2.99. The number of rotatable bonds is 4. The van der Waals surface area contributed by atoms with E-state index >= 15 is 0 Å². The van der Waals surface area contributed by atoms with Gasteiger partial charge in [0.15, 0.2) is 0 Å². The minimum absolute atomic E-state index is 0.449. The zero-order valence-electron chi connectivity index (χ0n) is 11.3. The van der Waals surface area contributed by atoms with Gasteiger partial charge in [0, 0.05) is 12.5 Å². The summed E-state index contributed by atoms with van der Waals surface area (Å²) in [5, 5.41) is 0. The van der Waals surface area contributed by atoms with Gasteiger partial charge in [-0.3, -0.25) is 0 Å². The minimum atomic E-state index is 0.449. The zero-order chi connectivity index (χ0) is 13.8. The number of methoxy groups -OCH3 is 1. The van der Waals surface area contributed by atoms with E-state index in [0.717, 1.165) is 11.3 Å². The molecule has 0 fully saturated rings. The van der Waals surface area contributed by atoms with Crippen molar-refractivity contribution in [2.45, 2.75) is 20.3 Å². The number of benzene rings is 1. The molecule has 0 unspecified atom stereocenters. The van der Waals surface area contributed by atoms with E-state index in [-0.39, 0.29) is 0 Å². The van der Waals surface area contributed by atoms with Gasteiger partial charge in [0.25, 0.3) is 0 Å². The molecular weight excluding hydrogens is 242 g/mol. The van der Waals surface area contributed by atoms with E-state index in [1.807, 2.05) is 32.0 Å². The maximum Gasteiger partial charge on any atom is 0.227 e. The molecule has 5 heteroatoms. The van der Waals surface area contributed by atoms with Crippen molar-refractivity contribution in [1.82, 2.24) is 9.97 Å². The molecule has 0 aliphatic carbocycles. The van der Waals surface area contributed by atoms with E-state index in [4.69, 9.17) is 15.2 Å². The van der Waals surface area contributed by atoms with Gasteiger partial charge in [-0.05, 0) is 19.1 Å². The van der Waals surface area contributed by atoms with Crippen LogP contribution in [0.2, 0.25) is 0 Å². The molecule has 19 heavy (non-hydrogen) atoms.